The van der Waals surface area contributed by atoms with E-state index in [1.165, 1.54) is 4.72 Å². The molecule has 0 radical (unpaired) electrons. The summed E-state index contributed by atoms with van der Waals surface area (Å²) < 4.78 is 87.3. The Morgan fingerprint density at radius 1 is 0.962 bits per heavy atom. The minimum absolute atomic E-state index is 0.0782. The predicted molar refractivity (Wildman–Crippen MR) is 82.0 cm³/mol. The minimum atomic E-state index is -4.71. The predicted octanol–water partition coefficient (Wildman–Crippen LogP) is 3.06. The van der Waals surface area contributed by atoms with E-state index in [-0.39, 0.29) is 11.3 Å². The number of amides is 1. The number of carbonyl (C=O) groups excluding carboxylic acids is 1. The normalized spacial score (nSPS) is 12.0. The first-order valence-electron chi connectivity index (χ1n) is 6.90. The summed E-state index contributed by atoms with van der Waals surface area (Å²) in [5, 5.41) is 2.28. The molecule has 5 nitrogen and oxygen atoms in total. The fraction of sp³-hybridized carbons (Fsp3) is 0.133. The third-order valence-electron chi connectivity index (χ3n) is 3.01. The zero-order valence-electron chi connectivity index (χ0n) is 12.8. The van der Waals surface area contributed by atoms with Crippen molar-refractivity contribution in [1.29, 1.82) is 0 Å². The molecule has 2 aromatic carbocycles. The van der Waals surface area contributed by atoms with Gasteiger partial charge in [0.1, 0.15) is 18.2 Å². The summed E-state index contributed by atoms with van der Waals surface area (Å²) in [6.45, 7) is -1.72. The summed E-state index contributed by atoms with van der Waals surface area (Å²) in [5.41, 5.74) is -0.222. The molecule has 0 fully saturated rings. The third-order valence-corrected chi connectivity index (χ3v) is 4.43. The van der Waals surface area contributed by atoms with E-state index in [0.29, 0.717) is 6.07 Å². The molecule has 0 saturated carbocycles. The number of hydrogen-bond acceptors (Lipinski definition) is 3. The van der Waals surface area contributed by atoms with Crippen LogP contribution >= 0.6 is 0 Å². The highest BCUT2D eigenvalue weighted by atomic mass is 32.2. The van der Waals surface area contributed by atoms with Gasteiger partial charge in [-0.1, -0.05) is 0 Å². The largest absolute Gasteiger partial charge is 0.402 e. The summed E-state index contributed by atoms with van der Waals surface area (Å²) in [7, 11) is -4.38. The van der Waals surface area contributed by atoms with Gasteiger partial charge in [0, 0.05) is 17.3 Å². The first kappa shape index (κ1) is 19.8. The molecule has 0 spiro atoms. The molecule has 0 saturated heterocycles. The Morgan fingerprint density at radius 2 is 1.50 bits per heavy atom. The lowest BCUT2D eigenvalue weighted by Crippen LogP contribution is -2.33. The van der Waals surface area contributed by atoms with Crippen molar-refractivity contribution in [2.45, 2.75) is 11.1 Å². The maximum Gasteiger partial charge on any atom is 0.402 e. The van der Waals surface area contributed by atoms with Crippen LogP contribution in [0.3, 0.4) is 0 Å². The van der Waals surface area contributed by atoms with E-state index in [2.05, 4.69) is 5.32 Å². The first-order valence-corrected chi connectivity index (χ1v) is 8.38. The highest BCUT2D eigenvalue weighted by molar-refractivity contribution is 7.89. The fourth-order valence-electron chi connectivity index (χ4n) is 1.87. The molecule has 0 aliphatic heterocycles. The molecule has 0 aliphatic carbocycles. The monoisotopic (exact) mass is 394 g/mol. The number of hydrogen-bond donors (Lipinski definition) is 2. The van der Waals surface area contributed by atoms with Crippen LogP contribution in [0.5, 0.6) is 0 Å². The number of rotatable bonds is 5. The van der Waals surface area contributed by atoms with E-state index < -0.39 is 45.2 Å². The lowest BCUT2D eigenvalue weighted by Gasteiger charge is -2.10. The van der Waals surface area contributed by atoms with Crippen molar-refractivity contribution in [3.63, 3.8) is 0 Å². The molecule has 26 heavy (non-hydrogen) atoms. The van der Waals surface area contributed by atoms with Crippen molar-refractivity contribution in [3.05, 3.63) is 59.7 Å². The Balaban J connectivity index is 2.10. The number of nitrogens with one attached hydrogen (secondary N) is 2. The summed E-state index contributed by atoms with van der Waals surface area (Å²) in [6, 6.07) is 6.38. The Hall–Kier alpha value is -2.53. The van der Waals surface area contributed by atoms with Gasteiger partial charge in [-0.2, -0.15) is 13.2 Å². The topological polar surface area (TPSA) is 75.3 Å². The van der Waals surface area contributed by atoms with E-state index in [1.54, 1.807) is 0 Å². The smallest absolute Gasteiger partial charge is 0.322 e. The van der Waals surface area contributed by atoms with Gasteiger partial charge in [-0.3, -0.25) is 4.79 Å². The van der Waals surface area contributed by atoms with Gasteiger partial charge in [-0.25, -0.2) is 21.9 Å². The summed E-state index contributed by atoms with van der Waals surface area (Å²) >= 11 is 0. The fourth-order valence-corrected chi connectivity index (χ4v) is 2.88. The molecular formula is C15H11F5N2O3S. The summed E-state index contributed by atoms with van der Waals surface area (Å²) in [4.78, 5) is 11.5. The molecule has 2 aromatic rings. The molecule has 0 bridgehead atoms. The molecule has 0 aromatic heterocycles. The van der Waals surface area contributed by atoms with Gasteiger partial charge in [0.15, 0.2) is 0 Å². The third kappa shape index (κ3) is 5.49. The average molecular weight is 394 g/mol. The second kappa shape index (κ2) is 7.38. The van der Waals surface area contributed by atoms with Crippen LogP contribution in [0.15, 0.2) is 47.4 Å². The van der Waals surface area contributed by atoms with E-state index in [0.717, 1.165) is 36.4 Å². The van der Waals surface area contributed by atoms with Crippen LogP contribution in [0.4, 0.5) is 27.6 Å². The number of carbonyl (C=O) groups is 1. The SMILES string of the molecule is O=C(Nc1ccc(S(=O)(=O)NCC(F)(F)F)cc1)c1cc(F)cc(F)c1. The van der Waals surface area contributed by atoms with Gasteiger partial charge in [0.25, 0.3) is 5.91 Å². The van der Waals surface area contributed by atoms with Crippen molar-refractivity contribution in [2.24, 2.45) is 0 Å². The molecule has 0 atom stereocenters. The molecule has 140 valence electrons. The number of alkyl halides is 3. The standard InChI is InChI=1S/C15H11F5N2O3S/c16-10-5-9(6-11(17)7-10)14(23)22-12-1-3-13(4-2-12)26(24,25)21-8-15(18,19)20/h1-7,21H,8H2,(H,22,23). The van der Waals surface area contributed by atoms with Gasteiger partial charge in [0.2, 0.25) is 10.0 Å². The molecule has 0 heterocycles. The average Bonchev–Trinajstić information content (AvgIpc) is 2.52. The molecule has 0 aliphatic rings. The zero-order valence-corrected chi connectivity index (χ0v) is 13.6. The van der Waals surface area contributed by atoms with Gasteiger partial charge in [-0.05, 0) is 36.4 Å². The Labute approximate surface area is 144 Å². The Morgan fingerprint density at radius 3 is 2.00 bits per heavy atom. The maximum absolute atomic E-state index is 13.1. The van der Waals surface area contributed by atoms with Crippen LogP contribution in [-0.4, -0.2) is 27.0 Å². The summed E-state index contributed by atoms with van der Waals surface area (Å²) in [6.07, 6.45) is -4.71. The molecule has 2 rings (SSSR count). The second-order valence-electron chi connectivity index (χ2n) is 5.08. The number of benzene rings is 2. The van der Waals surface area contributed by atoms with Gasteiger partial charge in [0.05, 0.1) is 4.90 Å². The second-order valence-corrected chi connectivity index (χ2v) is 6.84. The molecular weight excluding hydrogens is 383 g/mol. The highest BCUT2D eigenvalue weighted by Crippen LogP contribution is 2.18. The van der Waals surface area contributed by atoms with Crippen molar-refractivity contribution < 1.29 is 35.2 Å². The Kier molecular flexibility index (Phi) is 5.62. The molecule has 0 unspecified atom stereocenters. The van der Waals surface area contributed by atoms with Gasteiger partial charge in [-0.15, -0.1) is 0 Å². The van der Waals surface area contributed by atoms with Crippen LogP contribution < -0.4 is 10.0 Å². The van der Waals surface area contributed by atoms with Crippen LogP contribution in [0.2, 0.25) is 0 Å². The first-order chi connectivity index (χ1) is 12.0. The quantitative estimate of drug-likeness (QED) is 0.766. The van der Waals surface area contributed by atoms with Crippen LogP contribution in [-0.2, 0) is 10.0 Å². The minimum Gasteiger partial charge on any atom is -0.322 e. The lowest BCUT2D eigenvalue weighted by atomic mass is 10.2. The molecule has 2 N–H and O–H groups in total. The van der Waals surface area contributed by atoms with E-state index in [4.69, 9.17) is 0 Å². The number of anilines is 1. The zero-order chi connectivity index (χ0) is 19.5. The molecule has 11 heteroatoms. The van der Waals surface area contributed by atoms with Crippen molar-refractivity contribution >= 4 is 21.6 Å². The van der Waals surface area contributed by atoms with Crippen molar-refractivity contribution in [2.75, 3.05) is 11.9 Å². The molecule has 1 amide bonds. The van der Waals surface area contributed by atoms with E-state index >= 15 is 0 Å². The Bertz CT molecular complexity index is 892. The van der Waals surface area contributed by atoms with Gasteiger partial charge >= 0.3 is 6.18 Å². The number of halogens is 5. The van der Waals surface area contributed by atoms with Gasteiger partial charge < -0.3 is 5.32 Å². The van der Waals surface area contributed by atoms with E-state index in [9.17, 15) is 35.2 Å². The van der Waals surface area contributed by atoms with Crippen LogP contribution in [0.1, 0.15) is 10.4 Å². The highest BCUT2D eigenvalue weighted by Gasteiger charge is 2.30. The number of sulfonamides is 1. The van der Waals surface area contributed by atoms with Crippen LogP contribution in [0, 0.1) is 11.6 Å². The van der Waals surface area contributed by atoms with Crippen LogP contribution in [0.25, 0.3) is 0 Å². The van der Waals surface area contributed by atoms with E-state index in [1.807, 2.05) is 0 Å². The van der Waals surface area contributed by atoms with Crippen molar-refractivity contribution in [3.8, 4) is 0 Å². The summed E-state index contributed by atoms with van der Waals surface area (Å²) in [5.74, 6) is -2.76. The van der Waals surface area contributed by atoms with Crippen molar-refractivity contribution in [1.82, 2.24) is 4.72 Å². The lowest BCUT2D eigenvalue weighted by molar-refractivity contribution is -0.121. The maximum atomic E-state index is 13.1.